The van der Waals surface area contributed by atoms with Crippen molar-refractivity contribution in [3.05, 3.63) is 233 Å². The molecule has 0 N–H and O–H groups in total. The Kier molecular flexibility index (Phi) is 54.4. The molecule has 0 saturated heterocycles. The Balaban J connectivity index is 1.58. The molecule has 0 spiro atoms. The molecule has 0 unspecified atom stereocenters. The third-order valence-electron chi connectivity index (χ3n) is 24.8. The molecule has 0 bridgehead atoms. The van der Waals surface area contributed by atoms with Crippen LogP contribution in [0.4, 0.5) is 34.1 Å². The first-order chi connectivity index (χ1) is 62.9. The fourth-order valence-electron chi connectivity index (χ4n) is 16.8. The predicted molar refractivity (Wildman–Crippen MR) is 550 cm³/mol. The molecule has 0 atom stereocenters. The van der Waals surface area contributed by atoms with Crippen LogP contribution in [-0.2, 0) is 0 Å². The normalized spacial score (nSPS) is 10.8. The average molecular weight is 1730 g/mol. The van der Waals surface area contributed by atoms with E-state index in [-0.39, 0.29) is 11.4 Å². The number of hydrogen-bond acceptors (Lipinski definition) is 8. The minimum atomic E-state index is -0.391. The van der Waals surface area contributed by atoms with Gasteiger partial charge < -0.3 is 19.6 Å². The number of hydrogen-bond donors (Lipinski definition) is 0. The summed E-state index contributed by atoms with van der Waals surface area (Å²) in [6.45, 7) is 26.2. The number of nitro benzene ring substituents is 2. The van der Waals surface area contributed by atoms with Crippen molar-refractivity contribution in [3.8, 4) is 71.0 Å². The van der Waals surface area contributed by atoms with Gasteiger partial charge in [0.1, 0.15) is 0 Å². The summed E-state index contributed by atoms with van der Waals surface area (Å²) in [5.74, 6) is 44.2. The minimum Gasteiger partial charge on any atom is -0.372 e. The van der Waals surface area contributed by atoms with Gasteiger partial charge >= 0.3 is 0 Å². The SMILES string of the molecule is CCCCCCCCN(CCCCCCCC)c1ccc(C#Cc2c(C#Cc3ccc(N(CCCCCCCC)CCCCCCCC)cc3)c(C#Cc3ccc([N+](=O)[O-])cc3)c(C#Cc3ccc(N(CCCCCCCC)CCCCCCCC)cc3)c(C#Cc3ccc([N+](=O)[O-])cc3)c2C#Cc2ccc(N(CCCCCCCC)CCCCCCCC)cc2)cc1. The van der Waals surface area contributed by atoms with Gasteiger partial charge in [0.2, 0.25) is 0 Å². The topological polar surface area (TPSA) is 99.2 Å². The molecule has 0 fully saturated rings. The van der Waals surface area contributed by atoms with Crippen LogP contribution in [0.2, 0.25) is 0 Å². The van der Waals surface area contributed by atoms with Crippen LogP contribution in [0.3, 0.4) is 0 Å². The molecule has 7 aromatic carbocycles. The first-order valence-corrected chi connectivity index (χ1v) is 51.2. The lowest BCUT2D eigenvalue weighted by molar-refractivity contribution is -0.385. The molecule has 7 rings (SSSR count). The molecular weight excluding hydrogens is 1570 g/mol. The summed E-state index contributed by atoms with van der Waals surface area (Å²) in [6, 6.07) is 47.8. The zero-order valence-electron chi connectivity index (χ0n) is 80.8. The summed E-state index contributed by atoms with van der Waals surface area (Å²) in [4.78, 5) is 34.1. The molecule has 0 amide bonds. The van der Waals surface area contributed by atoms with Crippen LogP contribution in [0.5, 0.6) is 0 Å². The van der Waals surface area contributed by atoms with Crippen molar-refractivity contribution >= 4 is 34.1 Å². The Hall–Kier alpha value is -10.1. The fourth-order valence-corrected chi connectivity index (χ4v) is 16.8. The van der Waals surface area contributed by atoms with Gasteiger partial charge in [0.25, 0.3) is 11.4 Å². The average Bonchev–Trinajstić information content (AvgIpc) is 0.759. The Morgan fingerprint density at radius 3 is 0.438 bits per heavy atom. The Labute approximate surface area is 778 Å². The van der Waals surface area contributed by atoms with Gasteiger partial charge in [-0.05, 0) is 173 Å². The Morgan fingerprint density at radius 1 is 0.180 bits per heavy atom. The first-order valence-electron chi connectivity index (χ1n) is 51.2. The van der Waals surface area contributed by atoms with Gasteiger partial charge in [0, 0.05) is 133 Å². The number of unbranched alkanes of at least 4 members (excludes halogenated alkanes) is 40. The van der Waals surface area contributed by atoms with Gasteiger partial charge in [-0.3, -0.25) is 20.2 Å². The maximum Gasteiger partial charge on any atom is 0.269 e. The smallest absolute Gasteiger partial charge is 0.269 e. The van der Waals surface area contributed by atoms with E-state index in [0.29, 0.717) is 44.5 Å². The van der Waals surface area contributed by atoms with Crippen molar-refractivity contribution in [2.75, 3.05) is 72.0 Å². The van der Waals surface area contributed by atoms with Gasteiger partial charge in [-0.1, -0.05) is 383 Å². The van der Waals surface area contributed by atoms with Gasteiger partial charge in [-0.15, -0.1) is 0 Å². The summed E-state index contributed by atoms with van der Waals surface area (Å²) in [5, 5.41) is 24.5. The van der Waals surface area contributed by atoms with E-state index in [0.717, 1.165) is 126 Å². The standard InChI is InChI=1S/C118H160N6O4/c1-9-17-25-33-41-49-93-119(94-50-42-34-26-18-10-2)107-75-57-101(58-76-107)69-87-113-114(88-70-102-59-77-108(78-60-102)120(95-51-43-35-27-19-11-3)96-52-44-36-28-20-12-4)117(91-73-105-65-83-111(84-66-105)123(125)126)116(90-72-104-63-81-110(82-64-104)122(99-55-47-39-31-23-15-7)100-56-48-40-32-24-16-8)118(92-74-106-67-85-112(86-68-106)124(127)128)115(113)89-71-103-61-79-109(80-62-103)121(97-53-45-37-29-21-13-5)98-54-46-38-30-22-14-6/h57-68,75-86H,9-56,93-100H2,1-8H3. The molecule has 10 heteroatoms. The highest BCUT2D eigenvalue weighted by Gasteiger charge is 2.22. The lowest BCUT2D eigenvalue weighted by Gasteiger charge is -2.25. The highest BCUT2D eigenvalue weighted by atomic mass is 16.6. The molecule has 0 aliphatic heterocycles. The second kappa shape index (κ2) is 66.3. The molecule has 0 saturated carbocycles. The molecule has 0 aliphatic carbocycles. The minimum absolute atomic E-state index is 0.0412. The number of rotatable bonds is 62. The summed E-state index contributed by atoms with van der Waals surface area (Å²) in [6.07, 6.45) is 59.2. The summed E-state index contributed by atoms with van der Waals surface area (Å²) in [5.41, 5.74) is 12.0. The van der Waals surface area contributed by atoms with Crippen LogP contribution in [0.15, 0.2) is 146 Å². The highest BCUT2D eigenvalue weighted by molar-refractivity contribution is 5.79. The fraction of sp³-hybridized carbons (Fsp3) is 0.542. The molecule has 10 nitrogen and oxygen atoms in total. The summed E-state index contributed by atoms with van der Waals surface area (Å²) in [7, 11) is 0. The van der Waals surface area contributed by atoms with E-state index in [1.165, 1.54) is 304 Å². The molecule has 0 heterocycles. The van der Waals surface area contributed by atoms with E-state index >= 15 is 0 Å². The van der Waals surface area contributed by atoms with E-state index in [2.05, 4.69) is 243 Å². The lowest BCUT2D eigenvalue weighted by Crippen LogP contribution is -2.25. The number of non-ortho nitro benzene ring substituents is 2. The largest absolute Gasteiger partial charge is 0.372 e. The molecule has 0 aliphatic rings. The van der Waals surface area contributed by atoms with Gasteiger partial charge in [-0.25, -0.2) is 0 Å². The van der Waals surface area contributed by atoms with Crippen molar-refractivity contribution in [3.63, 3.8) is 0 Å². The van der Waals surface area contributed by atoms with Crippen LogP contribution >= 0.6 is 0 Å². The van der Waals surface area contributed by atoms with E-state index in [9.17, 15) is 20.2 Å². The van der Waals surface area contributed by atoms with E-state index in [1.54, 1.807) is 24.3 Å². The van der Waals surface area contributed by atoms with Crippen LogP contribution in [0.25, 0.3) is 0 Å². The Morgan fingerprint density at radius 2 is 0.305 bits per heavy atom. The first kappa shape index (κ1) is 105. The summed E-state index contributed by atoms with van der Waals surface area (Å²) < 4.78 is 0. The third kappa shape index (κ3) is 41.6. The van der Waals surface area contributed by atoms with Gasteiger partial charge in [-0.2, -0.15) is 0 Å². The van der Waals surface area contributed by atoms with Crippen molar-refractivity contribution in [1.29, 1.82) is 0 Å². The quantitative estimate of drug-likeness (QED) is 0.0161. The van der Waals surface area contributed by atoms with Crippen molar-refractivity contribution < 1.29 is 9.85 Å². The maximum absolute atomic E-state index is 12.3. The second-order valence-corrected chi connectivity index (χ2v) is 35.6. The molecule has 7 aromatic rings. The molecule has 128 heavy (non-hydrogen) atoms. The summed E-state index contributed by atoms with van der Waals surface area (Å²) >= 11 is 0. The third-order valence-corrected chi connectivity index (χ3v) is 24.8. The molecule has 686 valence electrons. The number of nitrogens with zero attached hydrogens (tertiary/aromatic N) is 6. The lowest BCUT2D eigenvalue weighted by atomic mass is 9.86. The Bertz CT molecular complexity index is 4380. The monoisotopic (exact) mass is 1730 g/mol. The van der Waals surface area contributed by atoms with Crippen molar-refractivity contribution in [2.45, 2.75) is 364 Å². The van der Waals surface area contributed by atoms with Crippen molar-refractivity contribution in [2.24, 2.45) is 0 Å². The number of anilines is 4. The molecule has 0 aromatic heterocycles. The molecular formula is C118H160N6O4. The maximum atomic E-state index is 12.3. The zero-order chi connectivity index (χ0) is 90.9. The van der Waals surface area contributed by atoms with Gasteiger partial charge in [0.15, 0.2) is 0 Å². The van der Waals surface area contributed by atoms with E-state index in [1.807, 2.05) is 0 Å². The number of nitro groups is 2. The van der Waals surface area contributed by atoms with Crippen LogP contribution in [-0.4, -0.2) is 62.2 Å². The van der Waals surface area contributed by atoms with E-state index < -0.39 is 9.85 Å². The van der Waals surface area contributed by atoms with Crippen LogP contribution in [0.1, 0.15) is 430 Å². The second-order valence-electron chi connectivity index (χ2n) is 35.6. The van der Waals surface area contributed by atoms with Crippen molar-refractivity contribution in [1.82, 2.24) is 0 Å². The highest BCUT2D eigenvalue weighted by Crippen LogP contribution is 2.31. The molecule has 0 radical (unpaired) electrons. The van der Waals surface area contributed by atoms with E-state index in [4.69, 9.17) is 0 Å². The van der Waals surface area contributed by atoms with Gasteiger partial charge in [0.05, 0.1) is 43.2 Å². The number of benzene rings is 7. The van der Waals surface area contributed by atoms with Crippen LogP contribution in [0, 0.1) is 91.3 Å². The predicted octanol–water partition coefficient (Wildman–Crippen LogP) is 32.0. The van der Waals surface area contributed by atoms with Crippen LogP contribution < -0.4 is 19.6 Å². The zero-order valence-corrected chi connectivity index (χ0v) is 80.8.